The molecular weight excluding hydrogens is 162 g/mol. The van der Waals surface area contributed by atoms with Crippen LogP contribution in [0.1, 0.15) is 13.3 Å². The lowest BCUT2D eigenvalue weighted by Gasteiger charge is -2.01. The van der Waals surface area contributed by atoms with Crippen molar-refractivity contribution in [1.82, 2.24) is 9.55 Å². The van der Waals surface area contributed by atoms with E-state index in [9.17, 15) is 0 Å². The van der Waals surface area contributed by atoms with Gasteiger partial charge in [-0.2, -0.15) is 0 Å². The smallest absolute Gasteiger partial charge is 0.0958 e. The van der Waals surface area contributed by atoms with E-state index in [2.05, 4.69) is 16.5 Å². The molecule has 2 N–H and O–H groups in total. The van der Waals surface area contributed by atoms with Crippen LogP contribution in [-0.2, 0) is 6.54 Å². The summed E-state index contributed by atoms with van der Waals surface area (Å²) >= 11 is 0. The minimum Gasteiger partial charge on any atom is -0.399 e. The number of aromatic nitrogens is 2. The highest BCUT2D eigenvalue weighted by Crippen LogP contribution is 2.16. The molecule has 0 fully saturated rings. The zero-order chi connectivity index (χ0) is 9.26. The summed E-state index contributed by atoms with van der Waals surface area (Å²) in [6.45, 7) is 3.15. The average molecular weight is 175 g/mol. The van der Waals surface area contributed by atoms with Crippen molar-refractivity contribution in [2.75, 3.05) is 5.73 Å². The Balaban J connectivity index is 2.58. The number of rotatable bonds is 2. The molecule has 0 aliphatic carbocycles. The Bertz CT molecular complexity index is 417. The van der Waals surface area contributed by atoms with Gasteiger partial charge in [0.2, 0.25) is 0 Å². The fourth-order valence-electron chi connectivity index (χ4n) is 1.49. The lowest BCUT2D eigenvalue weighted by Crippen LogP contribution is -1.94. The van der Waals surface area contributed by atoms with Crippen molar-refractivity contribution < 1.29 is 0 Å². The number of aryl methyl sites for hydroxylation is 1. The van der Waals surface area contributed by atoms with Gasteiger partial charge in [0.05, 0.1) is 17.4 Å². The molecule has 0 spiro atoms. The predicted octanol–water partition coefficient (Wildman–Crippen LogP) is 2.03. The molecule has 13 heavy (non-hydrogen) atoms. The molecule has 68 valence electrons. The highest BCUT2D eigenvalue weighted by atomic mass is 15.0. The van der Waals surface area contributed by atoms with Crippen molar-refractivity contribution in [3.8, 4) is 0 Å². The summed E-state index contributed by atoms with van der Waals surface area (Å²) < 4.78 is 2.13. The van der Waals surface area contributed by atoms with Crippen LogP contribution in [0.4, 0.5) is 5.69 Å². The Hall–Kier alpha value is -1.51. The molecule has 2 aromatic rings. The molecule has 0 bridgehead atoms. The zero-order valence-electron chi connectivity index (χ0n) is 7.70. The van der Waals surface area contributed by atoms with E-state index in [1.54, 1.807) is 0 Å². The van der Waals surface area contributed by atoms with Crippen molar-refractivity contribution in [1.29, 1.82) is 0 Å². The third kappa shape index (κ3) is 1.37. The van der Waals surface area contributed by atoms with Gasteiger partial charge in [0.15, 0.2) is 0 Å². The van der Waals surface area contributed by atoms with Gasteiger partial charge < -0.3 is 10.3 Å². The Labute approximate surface area is 77.2 Å². The van der Waals surface area contributed by atoms with Gasteiger partial charge in [-0.25, -0.2) is 4.98 Å². The van der Waals surface area contributed by atoms with Crippen molar-refractivity contribution in [3.05, 3.63) is 24.5 Å². The van der Waals surface area contributed by atoms with E-state index in [4.69, 9.17) is 5.73 Å². The summed E-state index contributed by atoms with van der Waals surface area (Å²) in [6.07, 6.45) is 2.98. The molecule has 0 radical (unpaired) electrons. The second kappa shape index (κ2) is 3.09. The molecule has 0 saturated carbocycles. The first-order valence-electron chi connectivity index (χ1n) is 4.51. The van der Waals surface area contributed by atoms with Crippen LogP contribution in [0.25, 0.3) is 11.0 Å². The lowest BCUT2D eigenvalue weighted by molar-refractivity contribution is 0.697. The lowest BCUT2D eigenvalue weighted by atomic mass is 10.3. The van der Waals surface area contributed by atoms with E-state index in [-0.39, 0.29) is 0 Å². The number of fused-ring (bicyclic) bond motifs is 1. The highest BCUT2D eigenvalue weighted by molar-refractivity contribution is 5.78. The molecule has 1 aromatic heterocycles. The van der Waals surface area contributed by atoms with Crippen LogP contribution < -0.4 is 5.73 Å². The number of hydrogen-bond acceptors (Lipinski definition) is 2. The number of benzene rings is 1. The fourth-order valence-corrected chi connectivity index (χ4v) is 1.49. The number of nitrogens with zero attached hydrogens (tertiary/aromatic N) is 2. The first-order valence-corrected chi connectivity index (χ1v) is 4.51. The van der Waals surface area contributed by atoms with Gasteiger partial charge in [-0.05, 0) is 24.6 Å². The predicted molar refractivity (Wildman–Crippen MR) is 54.4 cm³/mol. The van der Waals surface area contributed by atoms with Crippen molar-refractivity contribution in [2.24, 2.45) is 0 Å². The van der Waals surface area contributed by atoms with Crippen LogP contribution in [0.15, 0.2) is 24.5 Å². The maximum Gasteiger partial charge on any atom is 0.0958 e. The van der Waals surface area contributed by atoms with Crippen LogP contribution in [0.3, 0.4) is 0 Å². The summed E-state index contributed by atoms with van der Waals surface area (Å²) in [4.78, 5) is 4.29. The van der Waals surface area contributed by atoms with E-state index < -0.39 is 0 Å². The normalized spacial score (nSPS) is 10.8. The van der Waals surface area contributed by atoms with Gasteiger partial charge in [0, 0.05) is 12.2 Å². The van der Waals surface area contributed by atoms with Crippen molar-refractivity contribution >= 4 is 16.7 Å². The molecule has 0 unspecified atom stereocenters. The van der Waals surface area contributed by atoms with Crippen LogP contribution in [0.5, 0.6) is 0 Å². The molecule has 0 saturated heterocycles. The quantitative estimate of drug-likeness (QED) is 0.710. The Morgan fingerprint density at radius 3 is 3.08 bits per heavy atom. The summed E-state index contributed by atoms with van der Waals surface area (Å²) in [6, 6.07) is 5.81. The third-order valence-electron chi connectivity index (χ3n) is 2.11. The van der Waals surface area contributed by atoms with Crippen LogP contribution in [-0.4, -0.2) is 9.55 Å². The molecular formula is C10H13N3. The van der Waals surface area contributed by atoms with E-state index in [0.29, 0.717) is 0 Å². The molecule has 1 aromatic carbocycles. The summed E-state index contributed by atoms with van der Waals surface area (Å²) in [5.41, 5.74) is 8.65. The Morgan fingerprint density at radius 2 is 2.31 bits per heavy atom. The van der Waals surface area contributed by atoms with Gasteiger partial charge in [0.1, 0.15) is 0 Å². The minimum atomic E-state index is 0.797. The van der Waals surface area contributed by atoms with E-state index in [1.807, 2.05) is 24.5 Å². The minimum absolute atomic E-state index is 0.797. The molecule has 3 nitrogen and oxygen atoms in total. The first kappa shape index (κ1) is 8.10. The van der Waals surface area contributed by atoms with Gasteiger partial charge in [0.25, 0.3) is 0 Å². The van der Waals surface area contributed by atoms with Crippen molar-refractivity contribution in [2.45, 2.75) is 19.9 Å². The van der Waals surface area contributed by atoms with Gasteiger partial charge in [-0.3, -0.25) is 0 Å². The number of nitrogens with two attached hydrogens (primary N) is 1. The summed E-state index contributed by atoms with van der Waals surface area (Å²) in [5, 5.41) is 0. The number of hydrogen-bond donors (Lipinski definition) is 1. The second-order valence-corrected chi connectivity index (χ2v) is 3.19. The van der Waals surface area contributed by atoms with Gasteiger partial charge in [-0.15, -0.1) is 0 Å². The SMILES string of the molecule is CCCn1cnc2ccc(N)cc21. The zero-order valence-corrected chi connectivity index (χ0v) is 7.70. The first-order chi connectivity index (χ1) is 6.31. The van der Waals surface area contributed by atoms with Crippen LogP contribution in [0, 0.1) is 0 Å². The van der Waals surface area contributed by atoms with Gasteiger partial charge in [-0.1, -0.05) is 6.92 Å². The molecule has 3 heteroatoms. The van der Waals surface area contributed by atoms with E-state index in [1.165, 1.54) is 0 Å². The standard InChI is InChI=1S/C10H13N3/c1-2-5-13-7-12-9-4-3-8(11)6-10(9)13/h3-4,6-7H,2,5,11H2,1H3. The van der Waals surface area contributed by atoms with Crippen LogP contribution in [0.2, 0.25) is 0 Å². The largest absolute Gasteiger partial charge is 0.399 e. The molecule has 0 atom stereocenters. The number of nitrogen functional groups attached to an aromatic ring is 1. The van der Waals surface area contributed by atoms with Crippen molar-refractivity contribution in [3.63, 3.8) is 0 Å². The monoisotopic (exact) mass is 175 g/mol. The molecule has 0 aliphatic heterocycles. The fraction of sp³-hybridized carbons (Fsp3) is 0.300. The molecule has 0 aliphatic rings. The second-order valence-electron chi connectivity index (χ2n) is 3.19. The highest BCUT2D eigenvalue weighted by Gasteiger charge is 2.00. The number of anilines is 1. The third-order valence-corrected chi connectivity index (χ3v) is 2.11. The van der Waals surface area contributed by atoms with E-state index in [0.717, 1.165) is 29.7 Å². The topological polar surface area (TPSA) is 43.8 Å². The maximum atomic E-state index is 5.71. The molecule has 0 amide bonds. The molecule has 1 heterocycles. The van der Waals surface area contributed by atoms with Crippen LogP contribution >= 0.6 is 0 Å². The summed E-state index contributed by atoms with van der Waals surface area (Å²) in [7, 11) is 0. The average Bonchev–Trinajstić information content (AvgIpc) is 2.49. The Kier molecular flexibility index (Phi) is 1.93. The Morgan fingerprint density at radius 1 is 1.46 bits per heavy atom. The summed E-state index contributed by atoms with van der Waals surface area (Å²) in [5.74, 6) is 0. The van der Waals surface area contributed by atoms with E-state index >= 15 is 0 Å². The maximum absolute atomic E-state index is 5.71. The molecule has 2 rings (SSSR count). The number of imidazole rings is 1. The van der Waals surface area contributed by atoms with Gasteiger partial charge >= 0.3 is 0 Å².